The molecule has 4 rings (SSSR count). The molecule has 3 heterocycles. The predicted molar refractivity (Wildman–Crippen MR) is 120 cm³/mol. The summed E-state index contributed by atoms with van der Waals surface area (Å²) in [5.41, 5.74) is 3.22. The molecule has 0 aliphatic heterocycles. The molecule has 33 heavy (non-hydrogen) atoms. The summed E-state index contributed by atoms with van der Waals surface area (Å²) in [4.78, 5) is 26.8. The van der Waals surface area contributed by atoms with Gasteiger partial charge in [-0.1, -0.05) is 12.1 Å². The van der Waals surface area contributed by atoms with E-state index in [1.165, 1.54) is 11.1 Å². The van der Waals surface area contributed by atoms with Crippen LogP contribution in [0, 0.1) is 6.92 Å². The van der Waals surface area contributed by atoms with Crippen molar-refractivity contribution in [3.63, 3.8) is 0 Å². The van der Waals surface area contributed by atoms with Crippen LogP contribution >= 0.6 is 0 Å². The van der Waals surface area contributed by atoms with Gasteiger partial charge in [0.05, 0.1) is 17.4 Å². The lowest BCUT2D eigenvalue weighted by Gasteiger charge is -2.15. The molecule has 12 heteroatoms. The first kappa shape index (κ1) is 22.0. The Morgan fingerprint density at radius 3 is 2.67 bits per heavy atom. The molecule has 1 aromatic carbocycles. The van der Waals surface area contributed by atoms with Crippen LogP contribution in [0.15, 0.2) is 36.9 Å². The number of aryl methyl sites for hydroxylation is 2. The van der Waals surface area contributed by atoms with E-state index < -0.39 is 0 Å². The summed E-state index contributed by atoms with van der Waals surface area (Å²) in [5.74, 6) is 0.631. The minimum Gasteiger partial charge on any atom is -0.345 e. The number of hydrogen-bond donors (Lipinski definition) is 2. The second kappa shape index (κ2) is 8.73. The Bertz CT molecular complexity index is 1290. The number of carbonyl (C=O) groups excluding carboxylic acids is 1. The standard InChI is InChI=1S/C21H25N11O/c1-13-8-14(17-23-12-24-20(27-17)26-16-10-25-31(5)11-16)6-7-15(13)9-22-19(33)18-28-30-32(29-18)21(2,3)4/h6-8,10-12H,9H2,1-5H3,(H,22,33)(H,23,24,26,27). The fourth-order valence-corrected chi connectivity index (χ4v) is 2.99. The quantitative estimate of drug-likeness (QED) is 0.454. The minimum atomic E-state index is -0.377. The molecule has 0 radical (unpaired) electrons. The predicted octanol–water partition coefficient (Wildman–Crippen LogP) is 2.00. The Kier molecular flexibility index (Phi) is 5.82. The van der Waals surface area contributed by atoms with Crippen LogP contribution < -0.4 is 10.6 Å². The lowest BCUT2D eigenvalue weighted by molar-refractivity contribution is 0.0939. The van der Waals surface area contributed by atoms with Crippen LogP contribution in [0.5, 0.6) is 0 Å². The van der Waals surface area contributed by atoms with Crippen LogP contribution in [0.25, 0.3) is 11.4 Å². The van der Waals surface area contributed by atoms with Gasteiger partial charge in [0.1, 0.15) is 6.33 Å². The smallest absolute Gasteiger partial charge is 0.293 e. The maximum absolute atomic E-state index is 12.4. The van der Waals surface area contributed by atoms with E-state index in [4.69, 9.17) is 0 Å². The maximum Gasteiger partial charge on any atom is 0.293 e. The van der Waals surface area contributed by atoms with Gasteiger partial charge in [-0.25, -0.2) is 9.97 Å². The van der Waals surface area contributed by atoms with Gasteiger partial charge in [0, 0.05) is 25.4 Å². The van der Waals surface area contributed by atoms with E-state index in [1.54, 1.807) is 10.9 Å². The molecule has 170 valence electrons. The summed E-state index contributed by atoms with van der Waals surface area (Å²) in [6, 6.07) is 5.81. The van der Waals surface area contributed by atoms with E-state index in [9.17, 15) is 4.79 Å². The molecule has 0 atom stereocenters. The summed E-state index contributed by atoms with van der Waals surface area (Å²) >= 11 is 0. The highest BCUT2D eigenvalue weighted by Gasteiger charge is 2.20. The summed E-state index contributed by atoms with van der Waals surface area (Å²) in [6.45, 7) is 8.11. The van der Waals surface area contributed by atoms with Gasteiger partial charge in [0.25, 0.3) is 11.7 Å². The molecular weight excluding hydrogens is 422 g/mol. The first-order chi connectivity index (χ1) is 15.7. The van der Waals surface area contributed by atoms with Crippen LogP contribution in [0.1, 0.15) is 42.5 Å². The number of benzene rings is 1. The van der Waals surface area contributed by atoms with Gasteiger partial charge in [-0.05, 0) is 50.1 Å². The number of aromatic nitrogens is 9. The summed E-state index contributed by atoms with van der Waals surface area (Å²) < 4.78 is 1.69. The SMILES string of the molecule is Cc1cc(-c2ncnc(Nc3cnn(C)c3)n2)ccc1CNC(=O)c1nnn(C(C)(C)C)n1. The van der Waals surface area contributed by atoms with Gasteiger partial charge >= 0.3 is 0 Å². The van der Waals surface area contributed by atoms with Gasteiger partial charge in [-0.3, -0.25) is 9.48 Å². The number of tetrazole rings is 1. The van der Waals surface area contributed by atoms with Crippen molar-refractivity contribution in [1.82, 2.24) is 50.3 Å². The number of nitrogens with zero attached hydrogens (tertiary/aromatic N) is 9. The molecule has 0 aliphatic carbocycles. The number of rotatable bonds is 6. The topological polar surface area (TPSA) is 141 Å². The van der Waals surface area contributed by atoms with Crippen molar-refractivity contribution < 1.29 is 4.79 Å². The highest BCUT2D eigenvalue weighted by Crippen LogP contribution is 2.21. The monoisotopic (exact) mass is 447 g/mol. The van der Waals surface area contributed by atoms with Crippen LogP contribution in [-0.4, -0.2) is 50.8 Å². The van der Waals surface area contributed by atoms with E-state index in [0.717, 1.165) is 22.4 Å². The summed E-state index contributed by atoms with van der Waals surface area (Å²) in [7, 11) is 1.84. The fourth-order valence-electron chi connectivity index (χ4n) is 2.99. The number of carbonyl (C=O) groups is 1. The molecule has 12 nitrogen and oxygen atoms in total. The number of anilines is 2. The van der Waals surface area contributed by atoms with Crippen molar-refractivity contribution in [2.75, 3.05) is 5.32 Å². The van der Waals surface area contributed by atoms with Gasteiger partial charge in [-0.15, -0.1) is 10.2 Å². The second-order valence-corrected chi connectivity index (χ2v) is 8.56. The van der Waals surface area contributed by atoms with Gasteiger partial charge in [0.15, 0.2) is 5.82 Å². The van der Waals surface area contributed by atoms with Crippen LogP contribution in [-0.2, 0) is 19.1 Å². The van der Waals surface area contributed by atoms with Crippen LogP contribution in [0.4, 0.5) is 11.6 Å². The molecule has 2 N–H and O–H groups in total. The zero-order chi connectivity index (χ0) is 23.6. The molecule has 0 fully saturated rings. The Labute approximate surface area is 190 Å². The highest BCUT2D eigenvalue weighted by molar-refractivity contribution is 5.90. The summed E-state index contributed by atoms with van der Waals surface area (Å²) in [6.07, 6.45) is 4.98. The van der Waals surface area contributed by atoms with E-state index in [1.807, 2.05) is 59.1 Å². The zero-order valence-corrected chi connectivity index (χ0v) is 19.1. The van der Waals surface area contributed by atoms with Gasteiger partial charge in [0.2, 0.25) is 5.95 Å². The molecule has 4 aromatic rings. The van der Waals surface area contributed by atoms with Crippen LogP contribution in [0.2, 0.25) is 0 Å². The minimum absolute atomic E-state index is 0.0398. The molecule has 0 saturated carbocycles. The van der Waals surface area contributed by atoms with Crippen molar-refractivity contribution >= 4 is 17.5 Å². The van der Waals surface area contributed by atoms with Crippen molar-refractivity contribution in [1.29, 1.82) is 0 Å². The third-order valence-corrected chi connectivity index (χ3v) is 4.79. The number of hydrogen-bond acceptors (Lipinski definition) is 9. The molecule has 0 unspecified atom stereocenters. The first-order valence-corrected chi connectivity index (χ1v) is 10.3. The molecular formula is C21H25N11O. The van der Waals surface area contributed by atoms with Crippen molar-refractivity contribution in [3.8, 4) is 11.4 Å². The lowest BCUT2D eigenvalue weighted by atomic mass is 10.0. The first-order valence-electron chi connectivity index (χ1n) is 10.3. The number of nitrogens with one attached hydrogen (secondary N) is 2. The fraction of sp³-hybridized carbons (Fsp3) is 0.333. The van der Waals surface area contributed by atoms with Gasteiger partial charge < -0.3 is 10.6 Å². The second-order valence-electron chi connectivity index (χ2n) is 8.56. The molecule has 1 amide bonds. The Morgan fingerprint density at radius 1 is 1.18 bits per heavy atom. The normalized spacial score (nSPS) is 11.4. The third-order valence-electron chi connectivity index (χ3n) is 4.79. The van der Waals surface area contributed by atoms with Crippen LogP contribution in [0.3, 0.4) is 0 Å². The van der Waals surface area contributed by atoms with E-state index in [-0.39, 0.29) is 17.3 Å². The molecule has 3 aromatic heterocycles. The van der Waals surface area contributed by atoms with Crippen molar-refractivity contribution in [3.05, 3.63) is 53.9 Å². The largest absolute Gasteiger partial charge is 0.345 e. The van der Waals surface area contributed by atoms with E-state index in [0.29, 0.717) is 18.3 Å². The Morgan fingerprint density at radius 2 is 2.00 bits per heavy atom. The van der Waals surface area contributed by atoms with E-state index >= 15 is 0 Å². The zero-order valence-electron chi connectivity index (χ0n) is 19.1. The Balaban J connectivity index is 1.43. The Hall–Kier alpha value is -4.22. The average Bonchev–Trinajstić information content (AvgIpc) is 3.42. The summed E-state index contributed by atoms with van der Waals surface area (Å²) in [5, 5.41) is 22.0. The lowest BCUT2D eigenvalue weighted by Crippen LogP contribution is -2.27. The van der Waals surface area contributed by atoms with Crippen molar-refractivity contribution in [2.45, 2.75) is 39.8 Å². The van der Waals surface area contributed by atoms with Gasteiger partial charge in [-0.2, -0.15) is 14.9 Å². The molecule has 0 aliphatic rings. The maximum atomic E-state index is 12.4. The molecule has 0 bridgehead atoms. The average molecular weight is 448 g/mol. The van der Waals surface area contributed by atoms with E-state index in [2.05, 4.69) is 46.1 Å². The molecule has 0 saturated heterocycles. The highest BCUT2D eigenvalue weighted by atomic mass is 16.2. The van der Waals surface area contributed by atoms with Crippen molar-refractivity contribution in [2.24, 2.45) is 7.05 Å². The molecule has 0 spiro atoms. The number of amides is 1. The third kappa shape index (κ3) is 5.17.